The summed E-state index contributed by atoms with van der Waals surface area (Å²) in [5, 5.41) is 3.54. The summed E-state index contributed by atoms with van der Waals surface area (Å²) in [5.41, 5.74) is 2.12. The molecule has 4 heteroatoms. The van der Waals surface area contributed by atoms with Gasteiger partial charge in [0, 0.05) is 31.9 Å². The van der Waals surface area contributed by atoms with Gasteiger partial charge in [-0.3, -0.25) is 0 Å². The summed E-state index contributed by atoms with van der Waals surface area (Å²) in [6.07, 6.45) is 5.63. The monoisotopic (exact) mass is 275 g/mol. The number of halogens is 1. The van der Waals surface area contributed by atoms with E-state index < -0.39 is 0 Å². The molecule has 1 aromatic carbocycles. The fraction of sp³-hybridized carbons (Fsp3) is 0.438. The van der Waals surface area contributed by atoms with Crippen molar-refractivity contribution in [3.63, 3.8) is 0 Å². The van der Waals surface area contributed by atoms with Gasteiger partial charge in [-0.05, 0) is 43.1 Å². The highest BCUT2D eigenvalue weighted by Crippen LogP contribution is 2.22. The van der Waals surface area contributed by atoms with Gasteiger partial charge in [0.1, 0.15) is 11.6 Å². The quantitative estimate of drug-likeness (QED) is 0.877. The molecule has 0 fully saturated rings. The first kappa shape index (κ1) is 14.7. The van der Waals surface area contributed by atoms with Crippen LogP contribution in [-0.4, -0.2) is 16.1 Å². The van der Waals surface area contributed by atoms with Crippen molar-refractivity contribution in [3.8, 4) is 0 Å². The second-order valence-corrected chi connectivity index (χ2v) is 5.17. The molecule has 2 rings (SSSR count). The van der Waals surface area contributed by atoms with Crippen molar-refractivity contribution in [1.29, 1.82) is 0 Å². The van der Waals surface area contributed by atoms with Gasteiger partial charge < -0.3 is 9.88 Å². The Balaban J connectivity index is 2.24. The van der Waals surface area contributed by atoms with Crippen LogP contribution in [0.3, 0.4) is 0 Å². The Morgan fingerprint density at radius 3 is 2.80 bits per heavy atom. The standard InChI is InChI=1S/C16H22FN3/c1-4-7-18-15(11-16-19-8-9-20(16)3)14-6-5-13(17)10-12(14)2/h5-6,8-10,15,18H,4,7,11H2,1-3H3. The predicted octanol–water partition coefficient (Wildman–Crippen LogP) is 3.15. The molecule has 0 amide bonds. The minimum atomic E-state index is -0.183. The molecule has 0 bridgehead atoms. The summed E-state index contributed by atoms with van der Waals surface area (Å²) in [6, 6.07) is 5.16. The average Bonchev–Trinajstić information content (AvgIpc) is 2.80. The van der Waals surface area contributed by atoms with E-state index in [0.717, 1.165) is 36.3 Å². The third-order valence-corrected chi connectivity index (χ3v) is 3.56. The number of benzene rings is 1. The van der Waals surface area contributed by atoms with Crippen LogP contribution in [0.4, 0.5) is 4.39 Å². The normalized spacial score (nSPS) is 12.6. The Hall–Kier alpha value is -1.68. The lowest BCUT2D eigenvalue weighted by atomic mass is 9.98. The number of nitrogens with one attached hydrogen (secondary N) is 1. The van der Waals surface area contributed by atoms with Gasteiger partial charge in [-0.1, -0.05) is 13.0 Å². The lowest BCUT2D eigenvalue weighted by molar-refractivity contribution is 0.508. The topological polar surface area (TPSA) is 29.9 Å². The molecule has 1 heterocycles. The maximum Gasteiger partial charge on any atom is 0.123 e. The Kier molecular flexibility index (Phi) is 4.90. The van der Waals surface area contributed by atoms with E-state index in [1.165, 1.54) is 6.07 Å². The fourth-order valence-corrected chi connectivity index (χ4v) is 2.42. The van der Waals surface area contributed by atoms with Crippen LogP contribution < -0.4 is 5.32 Å². The second-order valence-electron chi connectivity index (χ2n) is 5.17. The van der Waals surface area contributed by atoms with Crippen molar-refractivity contribution in [2.24, 2.45) is 7.05 Å². The van der Waals surface area contributed by atoms with E-state index in [4.69, 9.17) is 0 Å². The smallest absolute Gasteiger partial charge is 0.123 e. The van der Waals surface area contributed by atoms with E-state index in [1.807, 2.05) is 37.0 Å². The molecule has 20 heavy (non-hydrogen) atoms. The predicted molar refractivity (Wildman–Crippen MR) is 79.1 cm³/mol. The Morgan fingerprint density at radius 1 is 1.40 bits per heavy atom. The largest absolute Gasteiger partial charge is 0.338 e. The maximum atomic E-state index is 13.3. The van der Waals surface area contributed by atoms with E-state index in [-0.39, 0.29) is 11.9 Å². The summed E-state index contributed by atoms with van der Waals surface area (Å²) >= 11 is 0. The number of hydrogen-bond acceptors (Lipinski definition) is 2. The zero-order valence-corrected chi connectivity index (χ0v) is 12.4. The highest BCUT2D eigenvalue weighted by molar-refractivity contribution is 5.30. The molecule has 0 aliphatic heterocycles. The van der Waals surface area contributed by atoms with Gasteiger partial charge in [0.2, 0.25) is 0 Å². The zero-order chi connectivity index (χ0) is 14.5. The first-order valence-corrected chi connectivity index (χ1v) is 7.07. The van der Waals surface area contributed by atoms with Crippen LogP contribution in [0.25, 0.3) is 0 Å². The average molecular weight is 275 g/mol. The highest BCUT2D eigenvalue weighted by atomic mass is 19.1. The second kappa shape index (κ2) is 6.66. The van der Waals surface area contributed by atoms with Crippen molar-refractivity contribution < 1.29 is 4.39 Å². The Labute approximate surface area is 119 Å². The first-order valence-electron chi connectivity index (χ1n) is 7.07. The van der Waals surface area contributed by atoms with Crippen molar-refractivity contribution in [2.75, 3.05) is 6.54 Å². The SMILES string of the molecule is CCCNC(Cc1nccn1C)c1ccc(F)cc1C. The summed E-state index contributed by atoms with van der Waals surface area (Å²) in [7, 11) is 2.00. The van der Waals surface area contributed by atoms with E-state index >= 15 is 0 Å². The number of aryl methyl sites for hydroxylation is 2. The number of hydrogen-bond donors (Lipinski definition) is 1. The van der Waals surface area contributed by atoms with E-state index in [9.17, 15) is 4.39 Å². The van der Waals surface area contributed by atoms with Crippen LogP contribution in [0, 0.1) is 12.7 Å². The lowest BCUT2D eigenvalue weighted by Crippen LogP contribution is -2.26. The van der Waals surface area contributed by atoms with Crippen molar-refractivity contribution >= 4 is 0 Å². The van der Waals surface area contributed by atoms with Gasteiger partial charge >= 0.3 is 0 Å². The van der Waals surface area contributed by atoms with Crippen LogP contribution in [-0.2, 0) is 13.5 Å². The van der Waals surface area contributed by atoms with Crippen molar-refractivity contribution in [2.45, 2.75) is 32.7 Å². The van der Waals surface area contributed by atoms with Crippen LogP contribution in [0.2, 0.25) is 0 Å². The fourth-order valence-electron chi connectivity index (χ4n) is 2.42. The molecule has 108 valence electrons. The van der Waals surface area contributed by atoms with Crippen molar-refractivity contribution in [1.82, 2.24) is 14.9 Å². The van der Waals surface area contributed by atoms with E-state index in [0.29, 0.717) is 0 Å². The minimum absolute atomic E-state index is 0.164. The minimum Gasteiger partial charge on any atom is -0.338 e. The molecule has 1 unspecified atom stereocenters. The summed E-state index contributed by atoms with van der Waals surface area (Å²) in [6.45, 7) is 5.03. The van der Waals surface area contributed by atoms with Gasteiger partial charge in [-0.25, -0.2) is 9.37 Å². The van der Waals surface area contributed by atoms with Gasteiger partial charge in [-0.15, -0.1) is 0 Å². The summed E-state index contributed by atoms with van der Waals surface area (Å²) in [4.78, 5) is 4.39. The number of rotatable bonds is 6. The Bertz CT molecular complexity index is 563. The molecule has 0 saturated carbocycles. The Morgan fingerprint density at radius 2 is 2.20 bits per heavy atom. The molecule has 0 radical (unpaired) electrons. The third kappa shape index (κ3) is 3.45. The third-order valence-electron chi connectivity index (χ3n) is 3.56. The summed E-state index contributed by atoms with van der Waals surface area (Å²) < 4.78 is 15.3. The van der Waals surface area contributed by atoms with Gasteiger partial charge in [0.15, 0.2) is 0 Å². The van der Waals surface area contributed by atoms with E-state index in [2.05, 4.69) is 17.2 Å². The zero-order valence-electron chi connectivity index (χ0n) is 12.4. The van der Waals surface area contributed by atoms with E-state index in [1.54, 1.807) is 6.07 Å². The molecule has 1 aromatic heterocycles. The molecular formula is C16H22FN3. The van der Waals surface area contributed by atoms with Gasteiger partial charge in [0.05, 0.1) is 0 Å². The van der Waals surface area contributed by atoms with Gasteiger partial charge in [0.25, 0.3) is 0 Å². The number of aromatic nitrogens is 2. The highest BCUT2D eigenvalue weighted by Gasteiger charge is 2.16. The molecule has 3 nitrogen and oxygen atoms in total. The molecule has 0 aliphatic carbocycles. The maximum absolute atomic E-state index is 13.3. The van der Waals surface area contributed by atoms with Crippen LogP contribution in [0.1, 0.15) is 36.3 Å². The molecule has 0 spiro atoms. The number of nitrogens with zero attached hydrogens (tertiary/aromatic N) is 2. The molecule has 0 saturated heterocycles. The van der Waals surface area contributed by atoms with Crippen LogP contribution in [0.5, 0.6) is 0 Å². The molecular weight excluding hydrogens is 253 g/mol. The van der Waals surface area contributed by atoms with Crippen LogP contribution >= 0.6 is 0 Å². The first-order chi connectivity index (χ1) is 9.61. The van der Waals surface area contributed by atoms with Crippen LogP contribution in [0.15, 0.2) is 30.6 Å². The molecule has 0 aliphatic rings. The lowest BCUT2D eigenvalue weighted by Gasteiger charge is -2.21. The molecule has 2 aromatic rings. The van der Waals surface area contributed by atoms with Crippen molar-refractivity contribution in [3.05, 3.63) is 53.4 Å². The molecule has 1 atom stereocenters. The summed E-state index contributed by atoms with van der Waals surface area (Å²) in [5.74, 6) is 0.847. The van der Waals surface area contributed by atoms with Gasteiger partial charge in [-0.2, -0.15) is 0 Å². The number of imidazole rings is 1. The molecule has 1 N–H and O–H groups in total.